The molecule has 2 rings (SSSR count). The predicted molar refractivity (Wildman–Crippen MR) is 65.2 cm³/mol. The summed E-state index contributed by atoms with van der Waals surface area (Å²) in [6.45, 7) is 1.41. The molecule has 1 saturated heterocycles. The van der Waals surface area contributed by atoms with Gasteiger partial charge in [-0.3, -0.25) is 9.63 Å². The van der Waals surface area contributed by atoms with Crippen LogP contribution in [0.5, 0.6) is 0 Å². The van der Waals surface area contributed by atoms with Crippen molar-refractivity contribution in [2.24, 2.45) is 5.73 Å². The maximum atomic E-state index is 12.0. The number of carboxylic acid groups (broad SMARTS) is 1. The number of urea groups is 1. The van der Waals surface area contributed by atoms with Gasteiger partial charge in [0.05, 0.1) is 12.6 Å². The van der Waals surface area contributed by atoms with Gasteiger partial charge in [-0.15, -0.1) is 0 Å². The van der Waals surface area contributed by atoms with Crippen LogP contribution in [0.1, 0.15) is 6.92 Å². The second-order valence-corrected chi connectivity index (χ2v) is 4.20. The number of hydrogen-bond acceptors (Lipinski definition) is 4. The fourth-order valence-electron chi connectivity index (χ4n) is 2.12. The van der Waals surface area contributed by atoms with Crippen molar-refractivity contribution in [1.82, 2.24) is 9.96 Å². The Morgan fingerprint density at radius 3 is 2.74 bits per heavy atom. The van der Waals surface area contributed by atoms with Crippen molar-refractivity contribution in [3.8, 4) is 0 Å². The Morgan fingerprint density at radius 2 is 2.21 bits per heavy atom. The summed E-state index contributed by atoms with van der Waals surface area (Å²) >= 11 is 0. The number of rotatable bonds is 4. The molecule has 2 atom stereocenters. The first-order valence-corrected chi connectivity index (χ1v) is 5.34. The van der Waals surface area contributed by atoms with E-state index in [2.05, 4.69) is 0 Å². The molecule has 100 valence electrons. The third-order valence-electron chi connectivity index (χ3n) is 2.99. The molecule has 0 unspecified atom stereocenters. The molecule has 2 aliphatic rings. The molecule has 0 aromatic carbocycles. The van der Waals surface area contributed by atoms with Gasteiger partial charge in [-0.05, 0) is 12.5 Å². The number of hydroxylamine groups is 2. The molecular formula is C10H14LiN3O5. The van der Waals surface area contributed by atoms with Crippen LogP contribution < -0.4 is 5.73 Å². The fraction of sp³-hybridized carbons (Fsp3) is 0.500. The Morgan fingerprint density at radius 1 is 1.58 bits per heavy atom. The summed E-state index contributed by atoms with van der Waals surface area (Å²) in [5.74, 6) is -1.80. The number of nitrogens with zero attached hydrogens (tertiary/aromatic N) is 2. The second-order valence-electron chi connectivity index (χ2n) is 4.20. The number of fused-ring (bicyclic) bond motifs is 2. The van der Waals surface area contributed by atoms with Crippen LogP contribution in [0.3, 0.4) is 0 Å². The molecule has 8 nitrogen and oxygen atoms in total. The summed E-state index contributed by atoms with van der Waals surface area (Å²) in [6, 6.07) is -1.71. The van der Waals surface area contributed by atoms with Crippen molar-refractivity contribution >= 4 is 36.8 Å². The van der Waals surface area contributed by atoms with Gasteiger partial charge in [0.1, 0.15) is 6.04 Å². The second kappa shape index (κ2) is 5.65. The van der Waals surface area contributed by atoms with E-state index in [-0.39, 0.29) is 31.4 Å². The van der Waals surface area contributed by atoms with Crippen LogP contribution in [0.25, 0.3) is 0 Å². The van der Waals surface area contributed by atoms with Crippen LogP contribution in [-0.4, -0.2) is 77.1 Å². The van der Waals surface area contributed by atoms with Crippen molar-refractivity contribution in [2.75, 3.05) is 13.2 Å². The molecule has 2 heterocycles. The van der Waals surface area contributed by atoms with E-state index in [4.69, 9.17) is 15.7 Å². The predicted octanol–water partition coefficient (Wildman–Crippen LogP) is -1.73. The van der Waals surface area contributed by atoms with Crippen LogP contribution in [0.2, 0.25) is 0 Å². The van der Waals surface area contributed by atoms with Crippen LogP contribution in [0, 0.1) is 0 Å². The van der Waals surface area contributed by atoms with Gasteiger partial charge in [-0.1, -0.05) is 6.08 Å². The van der Waals surface area contributed by atoms with Crippen LogP contribution >= 0.6 is 0 Å². The van der Waals surface area contributed by atoms with E-state index in [1.165, 1.54) is 4.90 Å². The quantitative estimate of drug-likeness (QED) is 0.462. The van der Waals surface area contributed by atoms with Crippen LogP contribution in [0.15, 0.2) is 11.6 Å². The molecule has 0 spiro atoms. The maximum absolute atomic E-state index is 12.0. The molecule has 2 aliphatic heterocycles. The number of nitrogens with two attached hydrogens (primary N) is 1. The van der Waals surface area contributed by atoms with Gasteiger partial charge in [-0.25, -0.2) is 9.59 Å². The molecule has 0 aromatic heterocycles. The van der Waals surface area contributed by atoms with Gasteiger partial charge in [-0.2, -0.15) is 5.06 Å². The summed E-state index contributed by atoms with van der Waals surface area (Å²) in [5, 5.41) is 9.53. The Hall–Kier alpha value is -1.49. The molecule has 9 heteroatoms. The Kier molecular flexibility index (Phi) is 4.63. The third kappa shape index (κ3) is 2.76. The van der Waals surface area contributed by atoms with Gasteiger partial charge in [0.25, 0.3) is 0 Å². The molecular weight excluding hydrogens is 249 g/mol. The van der Waals surface area contributed by atoms with E-state index < -0.39 is 30.6 Å². The fourth-order valence-corrected chi connectivity index (χ4v) is 2.12. The minimum atomic E-state index is -1.17. The zero-order valence-corrected chi connectivity index (χ0v) is 9.70. The van der Waals surface area contributed by atoms with E-state index in [1.54, 1.807) is 13.0 Å². The topological polar surface area (TPSA) is 113 Å². The van der Waals surface area contributed by atoms with E-state index in [0.717, 1.165) is 10.6 Å². The zero-order valence-electron chi connectivity index (χ0n) is 9.70. The van der Waals surface area contributed by atoms with Crippen molar-refractivity contribution < 1.29 is 24.3 Å². The third-order valence-corrected chi connectivity index (χ3v) is 2.99. The van der Waals surface area contributed by atoms with Crippen LogP contribution in [-0.2, 0) is 14.4 Å². The van der Waals surface area contributed by atoms with E-state index in [1.807, 2.05) is 0 Å². The average molecular weight is 263 g/mol. The molecule has 0 aliphatic carbocycles. The summed E-state index contributed by atoms with van der Waals surface area (Å²) in [6.07, 6.45) is 1.60. The normalized spacial score (nSPS) is 24.9. The van der Waals surface area contributed by atoms with E-state index in [9.17, 15) is 14.4 Å². The SMILES string of the molecule is CC1=C[C@@H](C(N)=O)N2C[C@@H]1N(OCC(=O)O)C2=O.[LiH]. The number of hydrogen-bond donors (Lipinski definition) is 2. The van der Waals surface area contributed by atoms with Crippen molar-refractivity contribution in [3.63, 3.8) is 0 Å². The molecule has 0 radical (unpaired) electrons. The number of amides is 3. The number of primary amides is 1. The standard InChI is InChI=1S/C10H13N3O5.Li.H/c1-5-2-6(9(11)16)12-3-7(5)13(10(12)17)18-4-8(14)15;;/h2,6-7H,3-4H2,1H3,(H2,11,16)(H,14,15);;/t6-,7-;;/m0../s1. The molecule has 0 aromatic rings. The number of aliphatic carboxylic acids is 1. The Bertz CT molecular complexity index is 452. The van der Waals surface area contributed by atoms with Gasteiger partial charge < -0.3 is 15.7 Å². The first kappa shape index (κ1) is 15.6. The Labute approximate surface area is 121 Å². The number of carbonyl (C=O) groups is 3. The monoisotopic (exact) mass is 263 g/mol. The summed E-state index contributed by atoms with van der Waals surface area (Å²) in [5.41, 5.74) is 5.97. The van der Waals surface area contributed by atoms with Crippen molar-refractivity contribution in [3.05, 3.63) is 11.6 Å². The van der Waals surface area contributed by atoms with E-state index >= 15 is 0 Å². The van der Waals surface area contributed by atoms with Crippen LogP contribution in [0.4, 0.5) is 4.79 Å². The van der Waals surface area contributed by atoms with Gasteiger partial charge in [0, 0.05) is 0 Å². The minimum absolute atomic E-state index is 0. The number of carboxylic acids is 1. The molecule has 2 bridgehead atoms. The summed E-state index contributed by atoms with van der Waals surface area (Å²) in [7, 11) is 0. The van der Waals surface area contributed by atoms with E-state index in [0.29, 0.717) is 0 Å². The van der Waals surface area contributed by atoms with Gasteiger partial charge in [0.15, 0.2) is 6.61 Å². The van der Waals surface area contributed by atoms with Crippen molar-refractivity contribution in [1.29, 1.82) is 0 Å². The summed E-state index contributed by atoms with van der Waals surface area (Å²) < 4.78 is 0. The molecule has 3 N–H and O–H groups in total. The zero-order chi connectivity index (χ0) is 13.4. The Balaban J connectivity index is 0.00000180. The summed E-state index contributed by atoms with van der Waals surface area (Å²) in [4.78, 5) is 39.8. The molecule has 1 fully saturated rings. The van der Waals surface area contributed by atoms with Gasteiger partial charge >= 0.3 is 30.9 Å². The first-order valence-electron chi connectivity index (χ1n) is 5.34. The molecule has 19 heavy (non-hydrogen) atoms. The number of carbonyl (C=O) groups excluding carboxylic acids is 2. The van der Waals surface area contributed by atoms with Crippen molar-refractivity contribution in [2.45, 2.75) is 19.0 Å². The average Bonchev–Trinajstić information content (AvgIpc) is 2.56. The first-order chi connectivity index (χ1) is 8.41. The van der Waals surface area contributed by atoms with Gasteiger partial charge in [0.2, 0.25) is 5.91 Å². The molecule has 3 amide bonds. The molecule has 0 saturated carbocycles.